The summed E-state index contributed by atoms with van der Waals surface area (Å²) in [4.78, 5) is 30.6. The fourth-order valence-electron chi connectivity index (χ4n) is 2.76. The molecule has 2 aromatic heterocycles. The Morgan fingerprint density at radius 1 is 1.25 bits per heavy atom. The van der Waals surface area contributed by atoms with E-state index in [1.807, 2.05) is 0 Å². The van der Waals surface area contributed by atoms with E-state index in [4.69, 9.17) is 16.3 Å². The van der Waals surface area contributed by atoms with Crippen LogP contribution >= 0.6 is 11.6 Å². The molecule has 1 aromatic carbocycles. The van der Waals surface area contributed by atoms with Crippen molar-refractivity contribution in [1.82, 2.24) is 20.1 Å². The van der Waals surface area contributed by atoms with Gasteiger partial charge in [-0.2, -0.15) is 5.10 Å². The zero-order valence-corrected chi connectivity index (χ0v) is 13.3. The largest absolute Gasteiger partial charge is 0.497 e. The minimum Gasteiger partial charge on any atom is -0.497 e. The standard InChI is InChI=1S/C16H11ClN4O3/c1-24-9-3-2-8(12(17)4-9)7-21-15(22)11-5-18-14-10(6-19-20-14)13(11)16(21)23/h2-6H,7H2,1H3,(H,18,19,20). The van der Waals surface area contributed by atoms with Crippen LogP contribution in [0.5, 0.6) is 5.75 Å². The minimum atomic E-state index is -0.391. The van der Waals surface area contributed by atoms with Gasteiger partial charge in [-0.15, -0.1) is 0 Å². The molecule has 0 bridgehead atoms. The number of nitrogens with zero attached hydrogens (tertiary/aromatic N) is 3. The number of H-pyrrole nitrogens is 1. The maximum Gasteiger partial charge on any atom is 0.263 e. The number of hydrogen-bond donors (Lipinski definition) is 1. The Balaban J connectivity index is 1.73. The van der Waals surface area contributed by atoms with Crippen LogP contribution in [0.3, 0.4) is 0 Å². The summed E-state index contributed by atoms with van der Waals surface area (Å²) in [7, 11) is 1.54. The lowest BCUT2D eigenvalue weighted by atomic mass is 10.1. The smallest absolute Gasteiger partial charge is 0.263 e. The van der Waals surface area contributed by atoms with Gasteiger partial charge in [-0.25, -0.2) is 4.98 Å². The van der Waals surface area contributed by atoms with Gasteiger partial charge in [-0.3, -0.25) is 19.6 Å². The van der Waals surface area contributed by atoms with E-state index in [1.165, 1.54) is 12.4 Å². The zero-order valence-electron chi connectivity index (χ0n) is 12.5. The molecule has 24 heavy (non-hydrogen) atoms. The number of pyridine rings is 1. The van der Waals surface area contributed by atoms with Crippen LogP contribution in [0.1, 0.15) is 26.3 Å². The Labute approximate surface area is 141 Å². The maximum absolute atomic E-state index is 12.7. The van der Waals surface area contributed by atoms with E-state index < -0.39 is 5.91 Å². The number of amides is 2. The van der Waals surface area contributed by atoms with Crippen molar-refractivity contribution in [2.45, 2.75) is 6.54 Å². The van der Waals surface area contributed by atoms with Crippen molar-refractivity contribution >= 4 is 34.4 Å². The van der Waals surface area contributed by atoms with Crippen molar-refractivity contribution in [3.63, 3.8) is 0 Å². The summed E-state index contributed by atoms with van der Waals surface area (Å²) in [5, 5.41) is 7.53. The number of ether oxygens (including phenoxy) is 1. The van der Waals surface area contributed by atoms with Crippen molar-refractivity contribution < 1.29 is 14.3 Å². The number of rotatable bonds is 3. The first-order chi connectivity index (χ1) is 11.6. The van der Waals surface area contributed by atoms with E-state index in [9.17, 15) is 9.59 Å². The summed E-state index contributed by atoms with van der Waals surface area (Å²) in [6.07, 6.45) is 2.89. The average Bonchev–Trinajstić information content (AvgIpc) is 3.15. The molecule has 0 atom stereocenters. The highest BCUT2D eigenvalue weighted by atomic mass is 35.5. The molecule has 0 aliphatic carbocycles. The number of methoxy groups -OCH3 is 1. The topological polar surface area (TPSA) is 88.2 Å². The van der Waals surface area contributed by atoms with Crippen LogP contribution in [0.15, 0.2) is 30.6 Å². The Hall–Kier alpha value is -2.93. The number of fused-ring (bicyclic) bond motifs is 3. The summed E-state index contributed by atoms with van der Waals surface area (Å²) in [5.74, 6) is -0.163. The van der Waals surface area contributed by atoms with Gasteiger partial charge >= 0.3 is 0 Å². The molecule has 1 aliphatic heterocycles. The van der Waals surface area contributed by atoms with Crippen LogP contribution in [0.4, 0.5) is 0 Å². The van der Waals surface area contributed by atoms with E-state index in [0.717, 1.165) is 4.90 Å². The van der Waals surface area contributed by atoms with Gasteiger partial charge in [0, 0.05) is 11.2 Å². The fraction of sp³-hybridized carbons (Fsp3) is 0.125. The highest BCUT2D eigenvalue weighted by molar-refractivity contribution is 6.31. The van der Waals surface area contributed by atoms with Gasteiger partial charge in [0.1, 0.15) is 5.75 Å². The second-order valence-corrected chi connectivity index (χ2v) is 5.74. The summed E-state index contributed by atoms with van der Waals surface area (Å²) in [6.45, 7) is 0.0779. The first-order valence-corrected chi connectivity index (χ1v) is 7.48. The van der Waals surface area contributed by atoms with Crippen molar-refractivity contribution in [3.05, 3.63) is 52.3 Å². The Bertz CT molecular complexity index is 998. The Morgan fingerprint density at radius 2 is 2.08 bits per heavy atom. The van der Waals surface area contributed by atoms with Gasteiger partial charge < -0.3 is 4.74 Å². The van der Waals surface area contributed by atoms with Crippen molar-refractivity contribution in [1.29, 1.82) is 0 Å². The van der Waals surface area contributed by atoms with E-state index in [0.29, 0.717) is 32.9 Å². The average molecular weight is 343 g/mol. The number of aromatic amines is 1. The summed E-state index contributed by atoms with van der Waals surface area (Å²) >= 11 is 6.21. The first-order valence-electron chi connectivity index (χ1n) is 7.11. The van der Waals surface area contributed by atoms with Crippen molar-refractivity contribution in [2.75, 3.05) is 7.11 Å². The number of imide groups is 1. The third-order valence-corrected chi connectivity index (χ3v) is 4.36. The lowest BCUT2D eigenvalue weighted by Gasteiger charge is -2.15. The first kappa shape index (κ1) is 14.6. The van der Waals surface area contributed by atoms with Crippen molar-refractivity contribution in [3.8, 4) is 5.75 Å². The molecule has 4 rings (SSSR count). The van der Waals surface area contributed by atoms with Crippen molar-refractivity contribution in [2.24, 2.45) is 0 Å². The van der Waals surface area contributed by atoms with Crippen LogP contribution in [0.2, 0.25) is 5.02 Å². The van der Waals surface area contributed by atoms with Gasteiger partial charge in [-0.1, -0.05) is 17.7 Å². The quantitative estimate of drug-likeness (QED) is 0.738. The van der Waals surface area contributed by atoms with Crippen LogP contribution < -0.4 is 4.74 Å². The third-order valence-electron chi connectivity index (χ3n) is 4.00. The molecule has 0 saturated carbocycles. The summed E-state index contributed by atoms with van der Waals surface area (Å²) in [5.41, 5.74) is 1.73. The Kier molecular flexibility index (Phi) is 3.24. The highest BCUT2D eigenvalue weighted by Crippen LogP contribution is 2.31. The molecular formula is C16H11ClN4O3. The molecule has 1 N–H and O–H groups in total. The van der Waals surface area contributed by atoms with E-state index in [-0.39, 0.29) is 18.0 Å². The molecule has 0 saturated heterocycles. The number of hydrogen-bond acceptors (Lipinski definition) is 5. The van der Waals surface area contributed by atoms with Gasteiger partial charge in [0.2, 0.25) is 0 Å². The predicted molar refractivity (Wildman–Crippen MR) is 86.1 cm³/mol. The second kappa shape index (κ2) is 5.31. The highest BCUT2D eigenvalue weighted by Gasteiger charge is 2.38. The molecule has 2 amide bonds. The van der Waals surface area contributed by atoms with Gasteiger partial charge in [0.25, 0.3) is 11.8 Å². The SMILES string of the molecule is COc1ccc(CN2C(=O)c3cnc4[nH]ncc4c3C2=O)c(Cl)c1. The molecule has 7 nitrogen and oxygen atoms in total. The Morgan fingerprint density at radius 3 is 2.83 bits per heavy atom. The van der Waals surface area contributed by atoms with E-state index >= 15 is 0 Å². The molecule has 0 unspecified atom stereocenters. The number of nitrogens with one attached hydrogen (secondary N) is 1. The lowest BCUT2D eigenvalue weighted by Crippen LogP contribution is -2.29. The molecule has 8 heteroatoms. The monoisotopic (exact) mass is 342 g/mol. The third kappa shape index (κ3) is 2.05. The summed E-state index contributed by atoms with van der Waals surface area (Å²) in [6, 6.07) is 5.11. The van der Waals surface area contributed by atoms with Gasteiger partial charge in [0.15, 0.2) is 5.65 Å². The second-order valence-electron chi connectivity index (χ2n) is 5.33. The number of aromatic nitrogens is 3. The molecule has 3 heterocycles. The molecule has 0 fully saturated rings. The number of benzene rings is 1. The maximum atomic E-state index is 12.7. The predicted octanol–water partition coefficient (Wildman–Crippen LogP) is 2.42. The van der Waals surface area contributed by atoms with Gasteiger partial charge in [0.05, 0.1) is 36.4 Å². The van der Waals surface area contributed by atoms with Crippen LogP contribution in [-0.4, -0.2) is 39.0 Å². The fourth-order valence-corrected chi connectivity index (χ4v) is 2.99. The normalized spacial score (nSPS) is 13.7. The van der Waals surface area contributed by atoms with Crippen LogP contribution in [0, 0.1) is 0 Å². The number of carbonyl (C=O) groups excluding carboxylic acids is 2. The van der Waals surface area contributed by atoms with E-state index in [2.05, 4.69) is 15.2 Å². The molecular weight excluding hydrogens is 332 g/mol. The number of carbonyl (C=O) groups is 2. The lowest BCUT2D eigenvalue weighted by molar-refractivity contribution is 0.0643. The molecule has 0 spiro atoms. The zero-order chi connectivity index (χ0) is 16.8. The van der Waals surface area contributed by atoms with Crippen LogP contribution in [-0.2, 0) is 6.54 Å². The molecule has 120 valence electrons. The summed E-state index contributed by atoms with van der Waals surface area (Å²) < 4.78 is 5.10. The molecule has 3 aromatic rings. The van der Waals surface area contributed by atoms with Crippen LogP contribution in [0.25, 0.3) is 11.0 Å². The van der Waals surface area contributed by atoms with Gasteiger partial charge in [-0.05, 0) is 17.7 Å². The molecule has 0 radical (unpaired) electrons. The minimum absolute atomic E-state index is 0.0779. The van der Waals surface area contributed by atoms with E-state index in [1.54, 1.807) is 25.3 Å². The molecule has 1 aliphatic rings. The number of halogens is 1.